The second-order valence-electron chi connectivity index (χ2n) is 4.01. The Bertz CT molecular complexity index is 667. The summed E-state index contributed by atoms with van der Waals surface area (Å²) in [6.45, 7) is 0. The molecule has 2 aromatic rings. The van der Waals surface area contributed by atoms with Crippen LogP contribution < -0.4 is 4.74 Å². The second kappa shape index (κ2) is 6.40. The van der Waals surface area contributed by atoms with Crippen molar-refractivity contribution in [1.82, 2.24) is 0 Å². The predicted molar refractivity (Wildman–Crippen MR) is 73.6 cm³/mol. The summed E-state index contributed by atoms with van der Waals surface area (Å²) in [5.74, 6) is -0.633. The maximum atomic E-state index is 13.1. The fourth-order valence-corrected chi connectivity index (χ4v) is 2.53. The van der Waals surface area contributed by atoms with Gasteiger partial charge in [-0.3, -0.25) is 0 Å². The second-order valence-corrected chi connectivity index (χ2v) is 5.06. The first-order valence-electron chi connectivity index (χ1n) is 5.79. The number of nitrogens with zero attached hydrogens (tertiary/aromatic N) is 1. The van der Waals surface area contributed by atoms with E-state index >= 15 is 0 Å². The number of thioether (sulfide) groups is 1. The molecule has 0 saturated carbocycles. The molecule has 0 aliphatic rings. The minimum Gasteiger partial charge on any atom is -0.495 e. The van der Waals surface area contributed by atoms with Gasteiger partial charge in [0.2, 0.25) is 0 Å². The zero-order valence-electron chi connectivity index (χ0n) is 10.7. The lowest BCUT2D eigenvalue weighted by Crippen LogP contribution is -1.90. The van der Waals surface area contributed by atoms with E-state index in [-0.39, 0.29) is 0 Å². The highest BCUT2D eigenvalue weighted by Gasteiger charge is 2.06. The monoisotopic (exact) mass is 291 g/mol. The summed E-state index contributed by atoms with van der Waals surface area (Å²) in [4.78, 5) is 0.637. The Labute approximate surface area is 120 Å². The number of hydrogen-bond acceptors (Lipinski definition) is 3. The molecule has 2 nitrogen and oxygen atoms in total. The van der Waals surface area contributed by atoms with E-state index in [2.05, 4.69) is 6.07 Å². The maximum Gasteiger partial charge on any atom is 0.159 e. The number of benzene rings is 2. The van der Waals surface area contributed by atoms with Crippen LogP contribution in [-0.2, 0) is 5.75 Å². The van der Waals surface area contributed by atoms with E-state index in [0.29, 0.717) is 22.0 Å². The Balaban J connectivity index is 2.11. The minimum absolute atomic E-state index is 0.455. The molecule has 0 amide bonds. The van der Waals surface area contributed by atoms with Crippen LogP contribution in [0, 0.1) is 23.0 Å². The largest absolute Gasteiger partial charge is 0.495 e. The molecule has 0 heterocycles. The van der Waals surface area contributed by atoms with E-state index < -0.39 is 11.6 Å². The molecule has 0 saturated heterocycles. The Hall–Kier alpha value is -2.06. The fourth-order valence-electron chi connectivity index (χ4n) is 1.67. The van der Waals surface area contributed by atoms with Gasteiger partial charge in [0, 0.05) is 10.6 Å². The molecule has 0 fully saturated rings. The Morgan fingerprint density at radius 1 is 1.15 bits per heavy atom. The van der Waals surface area contributed by atoms with Crippen LogP contribution in [0.3, 0.4) is 0 Å². The number of nitriles is 1. The lowest BCUT2D eigenvalue weighted by molar-refractivity contribution is 0.413. The van der Waals surface area contributed by atoms with Crippen molar-refractivity contribution in [3.8, 4) is 11.8 Å². The van der Waals surface area contributed by atoms with E-state index in [1.54, 1.807) is 12.1 Å². The molecule has 0 N–H and O–H groups in total. The van der Waals surface area contributed by atoms with Gasteiger partial charge in [0.1, 0.15) is 11.8 Å². The van der Waals surface area contributed by atoms with Crippen molar-refractivity contribution in [2.45, 2.75) is 10.6 Å². The number of methoxy groups -OCH3 is 1. The van der Waals surface area contributed by atoms with Crippen LogP contribution in [-0.4, -0.2) is 7.11 Å². The Morgan fingerprint density at radius 3 is 2.60 bits per heavy atom. The molecule has 2 aromatic carbocycles. The van der Waals surface area contributed by atoms with Crippen molar-refractivity contribution in [3.63, 3.8) is 0 Å². The van der Waals surface area contributed by atoms with Crippen LogP contribution >= 0.6 is 11.8 Å². The highest BCUT2D eigenvalue weighted by atomic mass is 32.2. The van der Waals surface area contributed by atoms with Crippen LogP contribution in [0.4, 0.5) is 8.78 Å². The summed E-state index contributed by atoms with van der Waals surface area (Å²) < 4.78 is 30.9. The van der Waals surface area contributed by atoms with Gasteiger partial charge < -0.3 is 4.74 Å². The molecule has 102 valence electrons. The molecule has 5 heteroatoms. The molecular formula is C15H11F2NOS. The molecule has 0 aromatic heterocycles. The van der Waals surface area contributed by atoms with Crippen molar-refractivity contribution >= 4 is 11.8 Å². The van der Waals surface area contributed by atoms with E-state index in [1.165, 1.54) is 24.9 Å². The van der Waals surface area contributed by atoms with Gasteiger partial charge in [-0.25, -0.2) is 8.78 Å². The summed E-state index contributed by atoms with van der Waals surface area (Å²) >= 11 is 1.37. The predicted octanol–water partition coefficient (Wildman–Crippen LogP) is 4.14. The fraction of sp³-hybridized carbons (Fsp3) is 0.133. The zero-order valence-corrected chi connectivity index (χ0v) is 11.5. The van der Waals surface area contributed by atoms with Crippen LogP contribution in [0.15, 0.2) is 41.3 Å². The third-order valence-corrected chi connectivity index (χ3v) is 3.75. The quantitative estimate of drug-likeness (QED) is 0.794. The van der Waals surface area contributed by atoms with Crippen LogP contribution in [0.2, 0.25) is 0 Å². The van der Waals surface area contributed by atoms with Gasteiger partial charge in [-0.1, -0.05) is 6.07 Å². The van der Waals surface area contributed by atoms with Crippen molar-refractivity contribution in [2.75, 3.05) is 7.11 Å². The van der Waals surface area contributed by atoms with Gasteiger partial charge in [-0.2, -0.15) is 5.26 Å². The molecule has 0 atom stereocenters. The van der Waals surface area contributed by atoms with Crippen molar-refractivity contribution in [2.24, 2.45) is 0 Å². The van der Waals surface area contributed by atoms with Crippen molar-refractivity contribution in [3.05, 3.63) is 59.2 Å². The van der Waals surface area contributed by atoms with Gasteiger partial charge in [-0.15, -0.1) is 11.8 Å². The van der Waals surface area contributed by atoms with Gasteiger partial charge in [0.05, 0.1) is 12.7 Å². The smallest absolute Gasteiger partial charge is 0.159 e. The highest BCUT2D eigenvalue weighted by molar-refractivity contribution is 7.98. The number of halogens is 2. The molecule has 0 aliphatic carbocycles. The van der Waals surface area contributed by atoms with E-state index in [9.17, 15) is 8.78 Å². The van der Waals surface area contributed by atoms with E-state index in [0.717, 1.165) is 17.7 Å². The molecule has 2 rings (SSSR count). The first-order chi connectivity index (χ1) is 9.63. The number of rotatable bonds is 4. The normalized spacial score (nSPS) is 10.1. The first-order valence-corrected chi connectivity index (χ1v) is 6.77. The summed E-state index contributed by atoms with van der Waals surface area (Å²) in [6.07, 6.45) is 0. The average molecular weight is 291 g/mol. The van der Waals surface area contributed by atoms with Gasteiger partial charge >= 0.3 is 0 Å². The van der Waals surface area contributed by atoms with Crippen LogP contribution in [0.1, 0.15) is 11.1 Å². The lowest BCUT2D eigenvalue weighted by atomic mass is 10.1. The molecular weight excluding hydrogens is 280 g/mol. The summed E-state index contributed by atoms with van der Waals surface area (Å²) in [5.41, 5.74) is 1.37. The summed E-state index contributed by atoms with van der Waals surface area (Å²) in [7, 11) is 1.51. The van der Waals surface area contributed by atoms with Crippen LogP contribution in [0.25, 0.3) is 0 Å². The molecule has 0 bridgehead atoms. The number of hydrogen-bond donors (Lipinski definition) is 0. The highest BCUT2D eigenvalue weighted by Crippen LogP contribution is 2.26. The lowest BCUT2D eigenvalue weighted by Gasteiger charge is -2.06. The maximum absolute atomic E-state index is 13.1. The van der Waals surface area contributed by atoms with Gasteiger partial charge in [-0.05, 0) is 35.9 Å². The van der Waals surface area contributed by atoms with Crippen molar-refractivity contribution < 1.29 is 13.5 Å². The van der Waals surface area contributed by atoms with Crippen molar-refractivity contribution in [1.29, 1.82) is 5.26 Å². The third kappa shape index (κ3) is 3.28. The molecule has 0 spiro atoms. The molecule has 0 radical (unpaired) electrons. The van der Waals surface area contributed by atoms with E-state index in [4.69, 9.17) is 10.00 Å². The summed E-state index contributed by atoms with van der Waals surface area (Å²) in [5, 5.41) is 9.00. The molecule has 20 heavy (non-hydrogen) atoms. The Kier molecular flexibility index (Phi) is 4.59. The average Bonchev–Trinajstić information content (AvgIpc) is 2.48. The minimum atomic E-state index is -0.859. The molecule has 0 unspecified atom stereocenters. The topological polar surface area (TPSA) is 33.0 Å². The summed E-state index contributed by atoms with van der Waals surface area (Å²) in [6, 6.07) is 11.1. The number of ether oxygens (including phenoxy) is 1. The van der Waals surface area contributed by atoms with E-state index in [1.807, 2.05) is 6.07 Å². The third-order valence-electron chi connectivity index (χ3n) is 2.68. The first kappa shape index (κ1) is 14.4. The standard InChI is InChI=1S/C15H11F2NOS/c1-19-15-5-2-10(6-11(15)8-18)9-20-12-3-4-13(16)14(17)7-12/h2-7H,9H2,1H3. The zero-order chi connectivity index (χ0) is 14.5. The van der Waals surface area contributed by atoms with Gasteiger partial charge in [0.15, 0.2) is 11.6 Å². The Morgan fingerprint density at radius 2 is 1.95 bits per heavy atom. The SMILES string of the molecule is COc1ccc(CSc2ccc(F)c(F)c2)cc1C#N. The molecule has 0 aliphatic heterocycles. The van der Waals surface area contributed by atoms with Gasteiger partial charge in [0.25, 0.3) is 0 Å². The van der Waals surface area contributed by atoms with Crippen LogP contribution in [0.5, 0.6) is 5.75 Å².